The van der Waals surface area contributed by atoms with Gasteiger partial charge in [-0.05, 0) is 103 Å². The van der Waals surface area contributed by atoms with Gasteiger partial charge >= 0.3 is 0 Å². The Balaban J connectivity index is 1.34. The van der Waals surface area contributed by atoms with Gasteiger partial charge in [0, 0.05) is 37.2 Å². The Kier molecular flexibility index (Phi) is 9.41. The van der Waals surface area contributed by atoms with Gasteiger partial charge in [-0.15, -0.1) is 0 Å². The van der Waals surface area contributed by atoms with Gasteiger partial charge < -0.3 is 9.47 Å². The summed E-state index contributed by atoms with van der Waals surface area (Å²) < 4.78 is 41.0. The van der Waals surface area contributed by atoms with E-state index in [4.69, 9.17) is 21.1 Å². The van der Waals surface area contributed by atoms with E-state index in [1.54, 1.807) is 6.07 Å². The van der Waals surface area contributed by atoms with Crippen molar-refractivity contribution in [2.24, 2.45) is 0 Å². The molecule has 0 N–H and O–H groups in total. The molecule has 0 bridgehead atoms. The molecule has 1 aromatic heterocycles. The largest absolute Gasteiger partial charge is 0.489 e. The number of rotatable bonds is 10. The first-order valence-electron chi connectivity index (χ1n) is 15.4. The van der Waals surface area contributed by atoms with Crippen LogP contribution < -0.4 is 4.74 Å². The normalized spacial score (nSPS) is 20.0. The van der Waals surface area contributed by atoms with Gasteiger partial charge in [-0.2, -0.15) is 5.10 Å². The second-order valence-corrected chi connectivity index (χ2v) is 11.8. The highest BCUT2D eigenvalue weighted by Crippen LogP contribution is 2.39. The van der Waals surface area contributed by atoms with Crippen molar-refractivity contribution in [1.29, 1.82) is 0 Å². The molecule has 5 nitrogen and oxygen atoms in total. The standard InChI is InChI=1S/C35H38ClF2N3O2/c1-2-30(24-7-11-28(12-8-24)43-29-15-18-40(23-29)17-5-16-37)35(31-13-10-27(38)21-32(31)36)25-9-14-33-26(20-25)22-39-41(33)34-6-3-4-19-42-34/h7-14,20-22,29,34H,2-6,15-19,23H2,1H3/b35-30-. The van der Waals surface area contributed by atoms with Gasteiger partial charge in [0.2, 0.25) is 0 Å². The predicted molar refractivity (Wildman–Crippen MR) is 169 cm³/mol. The van der Waals surface area contributed by atoms with Gasteiger partial charge in [0.1, 0.15) is 17.7 Å². The topological polar surface area (TPSA) is 39.5 Å². The van der Waals surface area contributed by atoms with Crippen LogP contribution in [-0.2, 0) is 4.74 Å². The van der Waals surface area contributed by atoms with Crippen molar-refractivity contribution in [1.82, 2.24) is 14.7 Å². The zero-order chi connectivity index (χ0) is 29.8. The lowest BCUT2D eigenvalue weighted by Gasteiger charge is -2.23. The molecule has 0 radical (unpaired) electrons. The van der Waals surface area contributed by atoms with Crippen LogP contribution in [-0.4, -0.2) is 53.7 Å². The van der Waals surface area contributed by atoms with Crippen molar-refractivity contribution in [2.75, 3.05) is 32.9 Å². The van der Waals surface area contributed by atoms with Gasteiger partial charge in [-0.1, -0.05) is 36.7 Å². The van der Waals surface area contributed by atoms with Crippen LogP contribution in [0.25, 0.3) is 22.0 Å². The molecule has 3 aromatic carbocycles. The number of allylic oxidation sites excluding steroid dienone is 1. The van der Waals surface area contributed by atoms with Crippen LogP contribution in [0.3, 0.4) is 0 Å². The number of likely N-dealkylation sites (tertiary alicyclic amines) is 1. The molecule has 0 aliphatic carbocycles. The zero-order valence-electron chi connectivity index (χ0n) is 24.6. The third-order valence-corrected chi connectivity index (χ3v) is 8.82. The zero-order valence-corrected chi connectivity index (χ0v) is 25.3. The summed E-state index contributed by atoms with van der Waals surface area (Å²) >= 11 is 6.70. The predicted octanol–water partition coefficient (Wildman–Crippen LogP) is 8.71. The molecule has 43 heavy (non-hydrogen) atoms. The quantitative estimate of drug-likeness (QED) is 0.170. The number of hydrogen-bond donors (Lipinski definition) is 0. The molecule has 0 saturated carbocycles. The lowest BCUT2D eigenvalue weighted by molar-refractivity contribution is -0.0366. The van der Waals surface area contributed by atoms with Crippen LogP contribution in [0.2, 0.25) is 5.02 Å². The molecule has 6 rings (SSSR count). The minimum atomic E-state index is -0.368. The Morgan fingerprint density at radius 2 is 1.88 bits per heavy atom. The molecule has 2 aliphatic rings. The summed E-state index contributed by atoms with van der Waals surface area (Å²) in [6, 6.07) is 19.1. The first kappa shape index (κ1) is 29.8. The molecule has 4 aromatic rings. The fourth-order valence-electron chi connectivity index (χ4n) is 6.37. The van der Waals surface area contributed by atoms with Crippen LogP contribution in [0.4, 0.5) is 8.78 Å². The Hall–Kier alpha value is -3.26. The summed E-state index contributed by atoms with van der Waals surface area (Å²) in [5.41, 5.74) is 5.90. The summed E-state index contributed by atoms with van der Waals surface area (Å²) in [7, 11) is 0. The van der Waals surface area contributed by atoms with Crippen molar-refractivity contribution in [3.63, 3.8) is 0 Å². The Bertz CT molecular complexity index is 1580. The van der Waals surface area contributed by atoms with E-state index in [0.29, 0.717) is 11.4 Å². The molecule has 8 heteroatoms. The minimum Gasteiger partial charge on any atom is -0.489 e. The number of benzene rings is 3. The van der Waals surface area contributed by atoms with Gasteiger partial charge in [0.05, 0.1) is 23.4 Å². The molecule has 0 spiro atoms. The van der Waals surface area contributed by atoms with Crippen molar-refractivity contribution >= 4 is 33.7 Å². The Morgan fingerprint density at radius 3 is 2.63 bits per heavy atom. The van der Waals surface area contributed by atoms with Crippen LogP contribution in [0.1, 0.15) is 68.4 Å². The van der Waals surface area contributed by atoms with Gasteiger partial charge in [-0.3, -0.25) is 9.29 Å². The molecule has 2 atom stereocenters. The monoisotopic (exact) mass is 605 g/mol. The number of alkyl halides is 1. The molecule has 0 amide bonds. The molecular formula is C35H38ClF2N3O2. The van der Waals surface area contributed by atoms with Gasteiger partial charge in [0.25, 0.3) is 0 Å². The number of fused-ring (bicyclic) bond motifs is 1. The lowest BCUT2D eigenvalue weighted by atomic mass is 9.87. The fourth-order valence-corrected chi connectivity index (χ4v) is 6.63. The Labute approximate surface area is 257 Å². The Morgan fingerprint density at radius 1 is 1.05 bits per heavy atom. The van der Waals surface area contributed by atoms with E-state index >= 15 is 0 Å². The third-order valence-electron chi connectivity index (χ3n) is 8.51. The third kappa shape index (κ3) is 6.64. The molecule has 226 valence electrons. The number of ether oxygens (including phenoxy) is 2. The van der Waals surface area contributed by atoms with Crippen LogP contribution >= 0.6 is 11.6 Å². The van der Waals surface area contributed by atoms with Crippen LogP contribution in [0, 0.1) is 5.82 Å². The van der Waals surface area contributed by atoms with E-state index in [1.165, 1.54) is 12.1 Å². The van der Waals surface area contributed by atoms with E-state index in [1.807, 2.05) is 23.0 Å². The summed E-state index contributed by atoms with van der Waals surface area (Å²) in [4.78, 5) is 2.26. The minimum absolute atomic E-state index is 0.0481. The highest BCUT2D eigenvalue weighted by Gasteiger charge is 2.24. The van der Waals surface area contributed by atoms with E-state index in [9.17, 15) is 8.78 Å². The van der Waals surface area contributed by atoms with Crippen LogP contribution in [0.5, 0.6) is 5.75 Å². The molecule has 3 heterocycles. The van der Waals surface area contributed by atoms with Gasteiger partial charge in [-0.25, -0.2) is 9.07 Å². The van der Waals surface area contributed by atoms with Gasteiger partial charge in [0.15, 0.2) is 6.23 Å². The van der Waals surface area contributed by atoms with E-state index < -0.39 is 0 Å². The van der Waals surface area contributed by atoms with Crippen molar-refractivity contribution < 1.29 is 18.3 Å². The maximum atomic E-state index is 14.1. The molecule has 2 aliphatic heterocycles. The number of aromatic nitrogens is 2. The second-order valence-electron chi connectivity index (χ2n) is 11.4. The summed E-state index contributed by atoms with van der Waals surface area (Å²) in [6.45, 7) is 5.12. The number of hydrogen-bond acceptors (Lipinski definition) is 4. The molecule has 2 unspecified atom stereocenters. The van der Waals surface area contributed by atoms with E-state index in [2.05, 4.69) is 47.3 Å². The molecule has 2 saturated heterocycles. The van der Waals surface area contributed by atoms with E-state index in [0.717, 1.165) is 103 Å². The summed E-state index contributed by atoms with van der Waals surface area (Å²) in [5, 5.41) is 6.06. The lowest BCUT2D eigenvalue weighted by Crippen LogP contribution is -2.26. The summed E-state index contributed by atoms with van der Waals surface area (Å²) in [5.74, 6) is 0.448. The maximum Gasteiger partial charge on any atom is 0.150 e. The average Bonchev–Trinajstić information content (AvgIpc) is 3.67. The van der Waals surface area contributed by atoms with Crippen LogP contribution in [0.15, 0.2) is 66.9 Å². The SMILES string of the molecule is CC/C(=C(\c1ccc2c(cnn2C2CCCCO2)c1)c1ccc(F)cc1Cl)c1ccc(OC2CCN(CCCF)C2)cc1. The molecule has 2 fully saturated rings. The first-order chi connectivity index (χ1) is 21.0. The fraction of sp³-hybridized carbons (Fsp3) is 0.400. The average molecular weight is 606 g/mol. The summed E-state index contributed by atoms with van der Waals surface area (Å²) in [6.07, 6.45) is 7.35. The van der Waals surface area contributed by atoms with Crippen molar-refractivity contribution in [3.05, 3.63) is 94.4 Å². The number of nitrogens with zero attached hydrogens (tertiary/aromatic N) is 3. The highest BCUT2D eigenvalue weighted by atomic mass is 35.5. The smallest absolute Gasteiger partial charge is 0.150 e. The van der Waals surface area contributed by atoms with Crippen molar-refractivity contribution in [2.45, 2.75) is 57.8 Å². The first-order valence-corrected chi connectivity index (χ1v) is 15.7. The number of halogens is 3. The maximum absolute atomic E-state index is 14.1. The van der Waals surface area contributed by atoms with Crippen molar-refractivity contribution in [3.8, 4) is 5.75 Å². The highest BCUT2D eigenvalue weighted by molar-refractivity contribution is 6.33. The second kappa shape index (κ2) is 13.6. The molecular weight excluding hydrogens is 568 g/mol. The van der Waals surface area contributed by atoms with E-state index in [-0.39, 0.29) is 24.8 Å².